The van der Waals surface area contributed by atoms with Crippen molar-refractivity contribution in [3.63, 3.8) is 0 Å². The molecule has 2 rings (SSSR count). The molecule has 1 aromatic heterocycles. The Hall–Kier alpha value is -1.40. The molecule has 0 saturated heterocycles. The number of nitrogens with zero attached hydrogens (tertiary/aromatic N) is 1. The summed E-state index contributed by atoms with van der Waals surface area (Å²) in [5.74, 6) is 0.396. The number of hydrogen-bond acceptors (Lipinski definition) is 4. The summed E-state index contributed by atoms with van der Waals surface area (Å²) in [4.78, 5) is 4.38. The van der Waals surface area contributed by atoms with E-state index in [-0.39, 0.29) is 10.3 Å². The average Bonchev–Trinajstić information content (AvgIpc) is 2.44. The van der Waals surface area contributed by atoms with Crippen molar-refractivity contribution in [2.45, 2.75) is 24.2 Å². The average molecular weight is 383 g/mol. The van der Waals surface area contributed by atoms with Crippen LogP contribution in [0.15, 0.2) is 52.0 Å². The van der Waals surface area contributed by atoms with Gasteiger partial charge in [0.2, 0.25) is 0 Å². The number of benzene rings is 1. The fourth-order valence-electron chi connectivity index (χ4n) is 2.14. The van der Waals surface area contributed by atoms with Gasteiger partial charge in [0.1, 0.15) is 10.7 Å². The standard InChI is InChI=1S/C16H19BrN2O2S/c1-16(2,12-6-4-7-13(17)10-12)11-19-15-14(22(3,20)21)8-5-9-18-15/h4-10H,11H2,1-3H3,(H,18,19). The molecule has 1 heterocycles. The highest BCUT2D eigenvalue weighted by atomic mass is 79.9. The molecule has 22 heavy (non-hydrogen) atoms. The first-order chi connectivity index (χ1) is 10.2. The number of hydrogen-bond donors (Lipinski definition) is 1. The van der Waals surface area contributed by atoms with Crippen LogP contribution in [0.4, 0.5) is 5.82 Å². The Kier molecular flexibility index (Phi) is 4.92. The molecule has 0 unspecified atom stereocenters. The summed E-state index contributed by atoms with van der Waals surface area (Å²) in [6.07, 6.45) is 2.78. The lowest BCUT2D eigenvalue weighted by atomic mass is 9.84. The molecule has 0 aliphatic heterocycles. The fraction of sp³-hybridized carbons (Fsp3) is 0.312. The number of anilines is 1. The van der Waals surface area contributed by atoms with E-state index >= 15 is 0 Å². The van der Waals surface area contributed by atoms with Crippen molar-refractivity contribution >= 4 is 31.6 Å². The third-order valence-corrected chi connectivity index (χ3v) is 5.10. The number of sulfone groups is 1. The Morgan fingerprint density at radius 1 is 1.23 bits per heavy atom. The first-order valence-corrected chi connectivity index (χ1v) is 9.53. The van der Waals surface area contributed by atoms with Crippen LogP contribution < -0.4 is 5.32 Å². The maximum Gasteiger partial charge on any atom is 0.179 e. The number of nitrogens with one attached hydrogen (secondary N) is 1. The molecule has 1 aromatic carbocycles. The lowest BCUT2D eigenvalue weighted by molar-refractivity contribution is 0.554. The minimum absolute atomic E-state index is 0.171. The summed E-state index contributed by atoms with van der Waals surface area (Å²) < 4.78 is 24.6. The SMILES string of the molecule is CC(C)(CNc1ncccc1S(C)(=O)=O)c1cccc(Br)c1. The molecule has 4 nitrogen and oxygen atoms in total. The Bertz CT molecular complexity index is 773. The quantitative estimate of drug-likeness (QED) is 0.857. The van der Waals surface area contributed by atoms with E-state index in [1.807, 2.05) is 12.1 Å². The van der Waals surface area contributed by atoms with Crippen LogP contribution in [0.1, 0.15) is 19.4 Å². The minimum Gasteiger partial charge on any atom is -0.368 e. The summed E-state index contributed by atoms with van der Waals surface area (Å²) in [5, 5.41) is 3.17. The van der Waals surface area contributed by atoms with Gasteiger partial charge >= 0.3 is 0 Å². The van der Waals surface area contributed by atoms with Gasteiger partial charge in [0.05, 0.1) is 0 Å². The largest absolute Gasteiger partial charge is 0.368 e. The lowest BCUT2D eigenvalue weighted by Crippen LogP contribution is -2.28. The van der Waals surface area contributed by atoms with E-state index in [2.05, 4.69) is 52.2 Å². The van der Waals surface area contributed by atoms with E-state index < -0.39 is 9.84 Å². The van der Waals surface area contributed by atoms with E-state index in [9.17, 15) is 8.42 Å². The van der Waals surface area contributed by atoms with Crippen LogP contribution >= 0.6 is 15.9 Å². The molecule has 1 N–H and O–H groups in total. The number of halogens is 1. The molecular weight excluding hydrogens is 364 g/mol. The first kappa shape index (κ1) is 17.0. The summed E-state index contributed by atoms with van der Waals surface area (Å²) in [7, 11) is -3.31. The van der Waals surface area contributed by atoms with Gasteiger partial charge in [0.25, 0.3) is 0 Å². The minimum atomic E-state index is -3.31. The Labute approximate surface area is 140 Å². The lowest BCUT2D eigenvalue weighted by Gasteiger charge is -2.26. The van der Waals surface area contributed by atoms with Crippen LogP contribution in [0, 0.1) is 0 Å². The highest BCUT2D eigenvalue weighted by molar-refractivity contribution is 9.10. The zero-order chi connectivity index (χ0) is 16.4. The molecule has 0 amide bonds. The van der Waals surface area contributed by atoms with Crippen LogP contribution in [-0.2, 0) is 15.3 Å². The van der Waals surface area contributed by atoms with Crippen LogP contribution in [0.25, 0.3) is 0 Å². The topological polar surface area (TPSA) is 59.1 Å². The van der Waals surface area contributed by atoms with Gasteiger partial charge in [-0.1, -0.05) is 41.9 Å². The normalized spacial score (nSPS) is 12.2. The molecular formula is C16H19BrN2O2S. The third kappa shape index (κ3) is 4.08. The van der Waals surface area contributed by atoms with E-state index in [0.29, 0.717) is 12.4 Å². The van der Waals surface area contributed by atoms with Crippen molar-refractivity contribution in [2.75, 3.05) is 18.1 Å². The Balaban J connectivity index is 2.23. The summed E-state index contributed by atoms with van der Waals surface area (Å²) in [6, 6.07) is 11.3. The molecule has 0 radical (unpaired) electrons. The van der Waals surface area contributed by atoms with Crippen molar-refractivity contribution in [3.05, 3.63) is 52.6 Å². The molecule has 0 bridgehead atoms. The predicted octanol–water partition coefficient (Wildman–Crippen LogP) is 3.64. The second-order valence-electron chi connectivity index (χ2n) is 5.87. The Morgan fingerprint density at radius 3 is 2.59 bits per heavy atom. The highest BCUT2D eigenvalue weighted by Gasteiger charge is 2.22. The van der Waals surface area contributed by atoms with Crippen LogP contribution in [0.2, 0.25) is 0 Å². The van der Waals surface area contributed by atoms with Gasteiger partial charge in [0.15, 0.2) is 9.84 Å². The maximum absolute atomic E-state index is 11.8. The van der Waals surface area contributed by atoms with Crippen molar-refractivity contribution in [1.82, 2.24) is 4.98 Å². The van der Waals surface area contributed by atoms with Gasteiger partial charge in [-0.2, -0.15) is 0 Å². The molecule has 118 valence electrons. The van der Waals surface area contributed by atoms with Gasteiger partial charge < -0.3 is 5.32 Å². The second-order valence-corrected chi connectivity index (χ2v) is 8.77. The zero-order valence-corrected chi connectivity index (χ0v) is 15.2. The van der Waals surface area contributed by atoms with E-state index in [0.717, 1.165) is 10.0 Å². The molecule has 0 atom stereocenters. The molecule has 2 aromatic rings. The van der Waals surface area contributed by atoms with E-state index in [1.165, 1.54) is 6.26 Å². The molecule has 0 saturated carbocycles. The van der Waals surface area contributed by atoms with Gasteiger partial charge in [-0.15, -0.1) is 0 Å². The number of aromatic nitrogens is 1. The molecule has 0 spiro atoms. The van der Waals surface area contributed by atoms with Gasteiger partial charge in [-0.25, -0.2) is 13.4 Å². The number of pyridine rings is 1. The zero-order valence-electron chi connectivity index (χ0n) is 12.8. The molecule has 0 aliphatic carbocycles. The van der Waals surface area contributed by atoms with E-state index in [4.69, 9.17) is 0 Å². The molecule has 0 fully saturated rings. The van der Waals surface area contributed by atoms with Crippen molar-refractivity contribution in [1.29, 1.82) is 0 Å². The third-order valence-electron chi connectivity index (χ3n) is 3.47. The second kappa shape index (κ2) is 6.38. The summed E-state index contributed by atoms with van der Waals surface area (Å²) in [5.41, 5.74) is 0.988. The maximum atomic E-state index is 11.8. The van der Waals surface area contributed by atoms with Crippen LogP contribution in [-0.4, -0.2) is 26.2 Å². The van der Waals surface area contributed by atoms with Gasteiger partial charge in [-0.05, 0) is 29.8 Å². The predicted molar refractivity (Wildman–Crippen MR) is 93.0 cm³/mol. The monoisotopic (exact) mass is 382 g/mol. The fourth-order valence-corrected chi connectivity index (χ4v) is 3.34. The van der Waals surface area contributed by atoms with Crippen LogP contribution in [0.5, 0.6) is 0 Å². The summed E-state index contributed by atoms with van der Waals surface area (Å²) >= 11 is 3.48. The van der Waals surface area contributed by atoms with Crippen molar-refractivity contribution in [3.8, 4) is 0 Å². The van der Waals surface area contributed by atoms with Crippen LogP contribution in [0.3, 0.4) is 0 Å². The number of rotatable bonds is 5. The summed E-state index contributed by atoms with van der Waals surface area (Å²) in [6.45, 7) is 4.78. The molecule has 6 heteroatoms. The smallest absolute Gasteiger partial charge is 0.179 e. The Morgan fingerprint density at radius 2 is 1.95 bits per heavy atom. The van der Waals surface area contributed by atoms with Crippen molar-refractivity contribution in [2.24, 2.45) is 0 Å². The van der Waals surface area contributed by atoms with E-state index in [1.54, 1.807) is 18.3 Å². The van der Waals surface area contributed by atoms with Gasteiger partial charge in [0, 0.05) is 28.9 Å². The molecule has 0 aliphatic rings. The van der Waals surface area contributed by atoms with Gasteiger partial charge in [-0.3, -0.25) is 0 Å². The van der Waals surface area contributed by atoms with Crippen molar-refractivity contribution < 1.29 is 8.42 Å². The first-order valence-electron chi connectivity index (χ1n) is 6.85. The highest BCUT2D eigenvalue weighted by Crippen LogP contribution is 2.27.